The van der Waals surface area contributed by atoms with Crippen molar-refractivity contribution >= 4 is 40.3 Å². The van der Waals surface area contributed by atoms with Crippen LogP contribution in [0.4, 0.5) is 11.4 Å². The molecule has 3 aromatic rings. The Morgan fingerprint density at radius 2 is 1.94 bits per heavy atom. The monoisotopic (exact) mass is 475 g/mol. The zero-order valence-electron chi connectivity index (χ0n) is 18.3. The summed E-state index contributed by atoms with van der Waals surface area (Å²) < 4.78 is 11.3. The Morgan fingerprint density at radius 1 is 1.18 bits per heavy atom. The molecule has 0 radical (unpaired) electrons. The van der Waals surface area contributed by atoms with E-state index < -0.39 is 4.92 Å². The molecule has 0 bridgehead atoms. The van der Waals surface area contributed by atoms with Crippen LogP contribution >= 0.6 is 11.8 Å². The van der Waals surface area contributed by atoms with Crippen LogP contribution in [0.25, 0.3) is 17.4 Å². The fourth-order valence-electron chi connectivity index (χ4n) is 3.32. The molecule has 9 heteroatoms. The quantitative estimate of drug-likeness (QED) is 0.170. The maximum absolute atomic E-state index is 13.0. The second-order valence-electron chi connectivity index (χ2n) is 7.11. The first-order valence-electron chi connectivity index (χ1n) is 10.5. The molecule has 2 heterocycles. The molecular weight excluding hydrogens is 454 g/mol. The molecule has 0 aliphatic carbocycles. The Labute approximate surface area is 200 Å². The van der Waals surface area contributed by atoms with Crippen LogP contribution in [0.2, 0.25) is 0 Å². The summed E-state index contributed by atoms with van der Waals surface area (Å²) in [6.07, 6.45) is 3.25. The summed E-state index contributed by atoms with van der Waals surface area (Å²) in [5, 5.41) is 11.8. The highest BCUT2D eigenvalue weighted by Gasteiger charge is 2.33. The normalized spacial score (nSPS) is 15.8. The van der Waals surface area contributed by atoms with Gasteiger partial charge in [-0.15, -0.1) is 6.58 Å². The molecule has 1 amide bonds. The summed E-state index contributed by atoms with van der Waals surface area (Å²) >= 11 is 1.22. The highest BCUT2D eigenvalue weighted by molar-refractivity contribution is 8.18. The number of carbonyl (C=O) groups is 1. The number of carbonyl (C=O) groups excluding carboxylic acids is 1. The predicted octanol–water partition coefficient (Wildman–Crippen LogP) is 6.04. The van der Waals surface area contributed by atoms with Crippen LogP contribution in [0.1, 0.15) is 12.7 Å². The van der Waals surface area contributed by atoms with E-state index in [1.54, 1.807) is 42.5 Å². The number of thioether (sulfide) groups is 1. The van der Waals surface area contributed by atoms with Gasteiger partial charge in [0.05, 0.1) is 27.7 Å². The zero-order chi connectivity index (χ0) is 24.1. The van der Waals surface area contributed by atoms with Crippen LogP contribution in [0.3, 0.4) is 0 Å². The van der Waals surface area contributed by atoms with E-state index >= 15 is 0 Å². The van der Waals surface area contributed by atoms with Gasteiger partial charge in [0.2, 0.25) is 0 Å². The maximum Gasteiger partial charge on any atom is 0.280 e. The lowest BCUT2D eigenvalue weighted by molar-refractivity contribution is -0.384. The third kappa shape index (κ3) is 4.94. The first-order chi connectivity index (χ1) is 16.5. The Bertz CT molecular complexity index is 1290. The number of hydrogen-bond acceptors (Lipinski definition) is 7. The van der Waals surface area contributed by atoms with E-state index in [1.165, 1.54) is 22.7 Å². The predicted molar refractivity (Wildman–Crippen MR) is 133 cm³/mol. The number of ether oxygens (including phenoxy) is 1. The first-order valence-corrected chi connectivity index (χ1v) is 11.3. The number of rotatable bonds is 8. The van der Waals surface area contributed by atoms with Crippen LogP contribution < -0.4 is 4.74 Å². The number of amidine groups is 1. The van der Waals surface area contributed by atoms with E-state index in [1.807, 2.05) is 31.2 Å². The topological polar surface area (TPSA) is 98.2 Å². The molecule has 0 saturated carbocycles. The Hall–Kier alpha value is -4.11. The number of nitro groups is 1. The summed E-state index contributed by atoms with van der Waals surface area (Å²) in [5.74, 6) is 1.28. The van der Waals surface area contributed by atoms with Gasteiger partial charge in [-0.1, -0.05) is 18.2 Å². The average Bonchev–Trinajstić information content (AvgIpc) is 3.41. The molecule has 1 fully saturated rings. The molecule has 1 aromatic heterocycles. The largest absolute Gasteiger partial charge is 0.494 e. The molecule has 172 valence electrons. The lowest BCUT2D eigenvalue weighted by atomic mass is 10.1. The number of nitro benzene ring substituents is 1. The Morgan fingerprint density at radius 3 is 2.65 bits per heavy atom. The number of benzene rings is 2. The Balaban J connectivity index is 1.61. The van der Waals surface area contributed by atoms with Crippen molar-refractivity contribution in [2.45, 2.75) is 6.92 Å². The van der Waals surface area contributed by atoms with Crippen molar-refractivity contribution in [3.63, 3.8) is 0 Å². The van der Waals surface area contributed by atoms with Gasteiger partial charge in [-0.05, 0) is 61.2 Å². The van der Waals surface area contributed by atoms with Gasteiger partial charge in [-0.3, -0.25) is 19.8 Å². The first kappa shape index (κ1) is 23.1. The molecule has 0 spiro atoms. The van der Waals surface area contributed by atoms with Crippen LogP contribution in [-0.4, -0.2) is 34.0 Å². The molecular formula is C25H21N3O5S. The number of nitrogens with zero attached hydrogens (tertiary/aromatic N) is 3. The van der Waals surface area contributed by atoms with E-state index in [-0.39, 0.29) is 11.6 Å². The second-order valence-corrected chi connectivity index (χ2v) is 8.12. The van der Waals surface area contributed by atoms with Crippen LogP contribution in [0, 0.1) is 10.1 Å². The number of hydrogen-bond donors (Lipinski definition) is 0. The average molecular weight is 476 g/mol. The maximum atomic E-state index is 13.0. The van der Waals surface area contributed by atoms with E-state index in [0.717, 1.165) is 5.75 Å². The van der Waals surface area contributed by atoms with Crippen molar-refractivity contribution in [1.29, 1.82) is 0 Å². The SMILES string of the molecule is C=CCN1C(=O)C(=Cc2ccc(-c3ccccc3[N+](=O)[O-])o2)SC1=Nc1ccc(OCC)cc1. The fourth-order valence-corrected chi connectivity index (χ4v) is 4.31. The summed E-state index contributed by atoms with van der Waals surface area (Å²) in [7, 11) is 0. The number of amides is 1. The van der Waals surface area contributed by atoms with Crippen molar-refractivity contribution in [3.05, 3.63) is 94.1 Å². The van der Waals surface area contributed by atoms with Gasteiger partial charge in [-0.25, -0.2) is 4.99 Å². The number of aliphatic imine (C=N–C) groups is 1. The number of para-hydroxylation sites is 1. The smallest absolute Gasteiger partial charge is 0.280 e. The summed E-state index contributed by atoms with van der Waals surface area (Å²) in [6.45, 7) is 6.53. The Kier molecular flexibility index (Phi) is 6.93. The minimum Gasteiger partial charge on any atom is -0.494 e. The lowest BCUT2D eigenvalue weighted by Crippen LogP contribution is -2.29. The molecule has 34 heavy (non-hydrogen) atoms. The van der Waals surface area contributed by atoms with Gasteiger partial charge in [0.1, 0.15) is 17.3 Å². The molecule has 1 aliphatic rings. The van der Waals surface area contributed by atoms with Gasteiger partial charge in [0.25, 0.3) is 11.6 Å². The summed E-state index contributed by atoms with van der Waals surface area (Å²) in [4.78, 5) is 30.5. The summed E-state index contributed by atoms with van der Waals surface area (Å²) in [5.41, 5.74) is 1.00. The molecule has 4 rings (SSSR count). The minimum absolute atomic E-state index is 0.0516. The number of furan rings is 1. The molecule has 1 aliphatic heterocycles. The molecule has 0 unspecified atom stereocenters. The third-order valence-electron chi connectivity index (χ3n) is 4.84. The van der Waals surface area contributed by atoms with Gasteiger partial charge < -0.3 is 9.15 Å². The molecule has 0 N–H and O–H groups in total. The molecule has 1 saturated heterocycles. The van der Waals surface area contributed by atoms with Crippen molar-refractivity contribution < 1.29 is 18.9 Å². The van der Waals surface area contributed by atoms with Crippen molar-refractivity contribution in [3.8, 4) is 17.1 Å². The van der Waals surface area contributed by atoms with E-state index in [4.69, 9.17) is 9.15 Å². The van der Waals surface area contributed by atoms with Gasteiger partial charge in [0, 0.05) is 18.7 Å². The van der Waals surface area contributed by atoms with Crippen molar-refractivity contribution in [2.75, 3.05) is 13.2 Å². The van der Waals surface area contributed by atoms with E-state index in [0.29, 0.717) is 46.0 Å². The van der Waals surface area contributed by atoms with Crippen LogP contribution in [0.5, 0.6) is 5.75 Å². The van der Waals surface area contributed by atoms with Crippen molar-refractivity contribution in [1.82, 2.24) is 4.90 Å². The van der Waals surface area contributed by atoms with Crippen molar-refractivity contribution in [2.24, 2.45) is 4.99 Å². The molecule has 8 nitrogen and oxygen atoms in total. The zero-order valence-corrected chi connectivity index (χ0v) is 19.2. The van der Waals surface area contributed by atoms with Gasteiger partial charge in [0.15, 0.2) is 5.17 Å². The summed E-state index contributed by atoms with van der Waals surface area (Å²) in [6, 6.07) is 17.0. The third-order valence-corrected chi connectivity index (χ3v) is 5.85. The molecule has 2 aromatic carbocycles. The van der Waals surface area contributed by atoms with Crippen LogP contribution in [-0.2, 0) is 4.79 Å². The fraction of sp³-hybridized carbons (Fsp3) is 0.120. The highest BCUT2D eigenvalue weighted by Crippen LogP contribution is 2.36. The van der Waals surface area contributed by atoms with Gasteiger partial charge in [-0.2, -0.15) is 0 Å². The van der Waals surface area contributed by atoms with E-state index in [2.05, 4.69) is 11.6 Å². The minimum atomic E-state index is -0.455. The highest BCUT2D eigenvalue weighted by atomic mass is 32.2. The molecule has 0 atom stereocenters. The standard InChI is InChI=1S/C25H21N3O5S/c1-3-15-27-24(29)23(34-25(27)26-17-9-11-18(12-10-17)32-4-2)16-19-13-14-22(33-19)20-7-5-6-8-21(20)28(30)31/h3,5-14,16H,1,4,15H2,2H3. The lowest BCUT2D eigenvalue weighted by Gasteiger charge is -2.12. The second kappa shape index (κ2) is 10.2. The van der Waals surface area contributed by atoms with Gasteiger partial charge >= 0.3 is 0 Å². The van der Waals surface area contributed by atoms with Crippen LogP contribution in [0.15, 0.2) is 87.6 Å². The van der Waals surface area contributed by atoms with E-state index in [9.17, 15) is 14.9 Å².